The monoisotopic (exact) mass is 431 g/mol. The second kappa shape index (κ2) is 8.04. The molecule has 2 aromatic carbocycles. The Labute approximate surface area is 177 Å². The molecule has 4 rings (SSSR count). The molecule has 30 heavy (non-hydrogen) atoms. The summed E-state index contributed by atoms with van der Waals surface area (Å²) in [5.41, 5.74) is 0.189. The highest BCUT2D eigenvalue weighted by atomic mass is 32.2. The number of fused-ring (bicyclic) bond motifs is 1. The van der Waals surface area contributed by atoms with Crippen molar-refractivity contribution in [3.8, 4) is 11.5 Å². The fourth-order valence-corrected chi connectivity index (χ4v) is 5.93. The summed E-state index contributed by atoms with van der Waals surface area (Å²) >= 11 is 0. The van der Waals surface area contributed by atoms with Gasteiger partial charge < -0.3 is 9.47 Å². The molecule has 0 unspecified atom stereocenters. The van der Waals surface area contributed by atoms with Crippen LogP contribution in [0.3, 0.4) is 0 Å². The zero-order valence-corrected chi connectivity index (χ0v) is 18.0. The van der Waals surface area contributed by atoms with Crippen molar-refractivity contribution >= 4 is 9.84 Å². The summed E-state index contributed by atoms with van der Waals surface area (Å²) in [6.07, 6.45) is 2.09. The van der Waals surface area contributed by atoms with Crippen molar-refractivity contribution in [3.05, 3.63) is 64.6 Å². The van der Waals surface area contributed by atoms with Gasteiger partial charge in [-0.3, -0.25) is 4.90 Å². The summed E-state index contributed by atoms with van der Waals surface area (Å²) in [4.78, 5) is 2.52. The van der Waals surface area contributed by atoms with Crippen LogP contribution in [0.25, 0.3) is 0 Å². The Hall–Kier alpha value is -2.38. The lowest BCUT2D eigenvalue weighted by Crippen LogP contribution is -2.40. The van der Waals surface area contributed by atoms with Crippen LogP contribution in [0.15, 0.2) is 58.3 Å². The van der Waals surface area contributed by atoms with Gasteiger partial charge in [-0.1, -0.05) is 30.3 Å². The van der Waals surface area contributed by atoms with Gasteiger partial charge in [-0.15, -0.1) is 0 Å². The molecule has 5 nitrogen and oxygen atoms in total. The van der Waals surface area contributed by atoms with Gasteiger partial charge in [-0.25, -0.2) is 12.8 Å². The van der Waals surface area contributed by atoms with Gasteiger partial charge in [-0.05, 0) is 36.1 Å². The second-order valence-corrected chi connectivity index (χ2v) is 9.87. The molecule has 2 aliphatic rings. The molecule has 7 heteroatoms. The predicted molar refractivity (Wildman–Crippen MR) is 113 cm³/mol. The largest absolute Gasteiger partial charge is 0.493 e. The highest BCUT2D eigenvalue weighted by molar-refractivity contribution is 7.95. The van der Waals surface area contributed by atoms with Crippen molar-refractivity contribution in [2.45, 2.75) is 36.4 Å². The number of sulfone groups is 1. The molecule has 0 saturated carbocycles. The highest BCUT2D eigenvalue weighted by Gasteiger charge is 2.39. The third-order valence-electron chi connectivity index (χ3n) is 5.92. The number of alkyl halides is 1. The molecule has 0 aromatic heterocycles. The lowest BCUT2D eigenvalue weighted by molar-refractivity contribution is 0.0925. The lowest BCUT2D eigenvalue weighted by Gasteiger charge is -2.35. The minimum Gasteiger partial charge on any atom is -0.493 e. The quantitative estimate of drug-likeness (QED) is 0.718. The number of piperidine rings is 1. The first-order valence-electron chi connectivity index (χ1n) is 10.0. The number of ether oxygens (including phenoxy) is 2. The van der Waals surface area contributed by atoms with E-state index in [4.69, 9.17) is 9.47 Å². The van der Waals surface area contributed by atoms with Gasteiger partial charge in [0.25, 0.3) is 0 Å². The molecule has 0 radical (unpaired) electrons. The first kappa shape index (κ1) is 20.9. The fourth-order valence-electron chi connectivity index (χ4n) is 4.20. The maximum atomic E-state index is 15.6. The maximum absolute atomic E-state index is 15.6. The molecule has 0 bridgehead atoms. The summed E-state index contributed by atoms with van der Waals surface area (Å²) in [6.45, 7) is 1.95. The molecule has 0 N–H and O–H groups in total. The SMILES string of the molecule is COc1cc2c(cc1OC)S(=O)(=O)C(=CC1(F)CCN(Cc3ccccc3)CC1)C2. The summed E-state index contributed by atoms with van der Waals surface area (Å²) in [6, 6.07) is 13.2. The number of hydrogen-bond acceptors (Lipinski definition) is 5. The van der Waals surface area contributed by atoms with E-state index < -0.39 is 15.5 Å². The van der Waals surface area contributed by atoms with Gasteiger partial charge in [0.2, 0.25) is 9.84 Å². The minimum atomic E-state index is -3.73. The third kappa shape index (κ3) is 3.96. The van der Waals surface area contributed by atoms with Crippen LogP contribution in [0.2, 0.25) is 0 Å². The van der Waals surface area contributed by atoms with E-state index in [0.29, 0.717) is 30.2 Å². The van der Waals surface area contributed by atoms with Gasteiger partial charge in [0.15, 0.2) is 11.5 Å². The Bertz CT molecular complexity index is 1060. The van der Waals surface area contributed by atoms with Crippen LogP contribution in [-0.2, 0) is 22.8 Å². The molecule has 2 heterocycles. The minimum absolute atomic E-state index is 0.131. The number of methoxy groups -OCH3 is 2. The van der Waals surface area contributed by atoms with Gasteiger partial charge in [0.05, 0.1) is 24.0 Å². The number of hydrogen-bond donors (Lipinski definition) is 0. The van der Waals surface area contributed by atoms with E-state index in [1.807, 2.05) is 18.2 Å². The molecule has 1 fully saturated rings. The third-order valence-corrected chi connectivity index (χ3v) is 7.83. The Morgan fingerprint density at radius 3 is 2.33 bits per heavy atom. The van der Waals surface area contributed by atoms with Crippen LogP contribution in [0.5, 0.6) is 11.5 Å². The van der Waals surface area contributed by atoms with Crippen LogP contribution in [0.4, 0.5) is 4.39 Å². The highest BCUT2D eigenvalue weighted by Crippen LogP contribution is 2.43. The first-order chi connectivity index (χ1) is 14.3. The molecule has 160 valence electrons. The Kier molecular flexibility index (Phi) is 5.59. The van der Waals surface area contributed by atoms with Gasteiger partial charge in [-0.2, -0.15) is 0 Å². The van der Waals surface area contributed by atoms with Gasteiger partial charge >= 0.3 is 0 Å². The molecule has 2 aliphatic heterocycles. The predicted octanol–water partition coefficient (Wildman–Crippen LogP) is 3.92. The van der Waals surface area contributed by atoms with Crippen molar-refractivity contribution < 1.29 is 22.3 Å². The van der Waals surface area contributed by atoms with Crippen LogP contribution < -0.4 is 9.47 Å². The van der Waals surface area contributed by atoms with Crippen LogP contribution >= 0.6 is 0 Å². The maximum Gasteiger partial charge on any atom is 0.203 e. The number of rotatable bonds is 5. The number of halogens is 1. The number of likely N-dealkylation sites (tertiary alicyclic amines) is 1. The summed E-state index contributed by atoms with van der Waals surface area (Å²) in [5, 5.41) is 0. The topological polar surface area (TPSA) is 55.8 Å². The Morgan fingerprint density at radius 1 is 1.07 bits per heavy atom. The molecule has 0 atom stereocenters. The van der Waals surface area contributed by atoms with Crippen molar-refractivity contribution in [1.29, 1.82) is 0 Å². The van der Waals surface area contributed by atoms with Crippen molar-refractivity contribution in [1.82, 2.24) is 4.90 Å². The number of nitrogens with zero attached hydrogens (tertiary/aromatic N) is 1. The zero-order chi connectivity index (χ0) is 21.4. The average molecular weight is 432 g/mol. The molecular formula is C23H26FNO4S. The van der Waals surface area contributed by atoms with E-state index in [0.717, 1.165) is 6.54 Å². The van der Waals surface area contributed by atoms with Crippen LogP contribution in [0.1, 0.15) is 24.0 Å². The normalized spacial score (nSPS) is 21.4. The van der Waals surface area contributed by atoms with E-state index in [-0.39, 0.29) is 29.1 Å². The summed E-state index contributed by atoms with van der Waals surface area (Å²) < 4.78 is 52.1. The van der Waals surface area contributed by atoms with E-state index in [1.165, 1.54) is 31.9 Å². The molecular weight excluding hydrogens is 405 g/mol. The Balaban J connectivity index is 1.52. The molecule has 2 aromatic rings. The second-order valence-electron chi connectivity index (χ2n) is 7.90. The average Bonchev–Trinajstić information content (AvgIpc) is 2.98. The lowest BCUT2D eigenvalue weighted by atomic mass is 9.92. The molecule has 0 amide bonds. The molecule has 0 aliphatic carbocycles. The van der Waals surface area contributed by atoms with Crippen molar-refractivity contribution in [2.24, 2.45) is 0 Å². The van der Waals surface area contributed by atoms with E-state index >= 15 is 4.39 Å². The molecule has 1 saturated heterocycles. The van der Waals surface area contributed by atoms with E-state index in [1.54, 1.807) is 6.07 Å². The van der Waals surface area contributed by atoms with Gasteiger partial charge in [0, 0.05) is 32.1 Å². The number of allylic oxidation sites excluding steroid dienone is 2. The smallest absolute Gasteiger partial charge is 0.203 e. The Morgan fingerprint density at radius 2 is 1.70 bits per heavy atom. The van der Waals surface area contributed by atoms with E-state index in [2.05, 4.69) is 17.0 Å². The van der Waals surface area contributed by atoms with Gasteiger partial charge in [0.1, 0.15) is 5.67 Å². The van der Waals surface area contributed by atoms with Crippen LogP contribution in [-0.4, -0.2) is 46.3 Å². The first-order valence-corrected chi connectivity index (χ1v) is 11.5. The summed E-state index contributed by atoms with van der Waals surface area (Å²) in [5.74, 6) is 0.821. The van der Waals surface area contributed by atoms with Crippen molar-refractivity contribution in [2.75, 3.05) is 27.3 Å². The zero-order valence-electron chi connectivity index (χ0n) is 17.2. The number of benzene rings is 2. The fraction of sp³-hybridized carbons (Fsp3) is 0.391. The van der Waals surface area contributed by atoms with E-state index in [9.17, 15) is 8.42 Å². The van der Waals surface area contributed by atoms with Crippen LogP contribution in [0, 0.1) is 0 Å². The standard InChI is InChI=1S/C23H26FNO4S/c1-28-20-13-18-12-19(30(26,27)22(18)14-21(20)29-2)15-23(24)8-10-25(11-9-23)16-17-6-4-3-5-7-17/h3-7,13-15H,8-12,16H2,1-2H3. The van der Waals surface area contributed by atoms with Crippen molar-refractivity contribution in [3.63, 3.8) is 0 Å². The molecule has 0 spiro atoms. The summed E-state index contributed by atoms with van der Waals surface area (Å²) in [7, 11) is -0.767.